The third kappa shape index (κ3) is 3.20. The molecule has 25 heavy (non-hydrogen) atoms. The summed E-state index contributed by atoms with van der Waals surface area (Å²) in [4.78, 5) is 16.1. The number of hydrogen-bond donors (Lipinski definition) is 1. The van der Waals surface area contributed by atoms with E-state index in [2.05, 4.69) is 4.98 Å². The number of halogens is 3. The Balaban J connectivity index is 2.30. The number of aryl methyl sites for hydroxylation is 2. The number of carboxylic acid groups (broad SMARTS) is 1. The standard InChI is InChI=1S/C19H14F3NO2/c1-10-6-11(2)17-14(7-10)15(18(24)25)9-16(23-17)12-4-3-5-13(8-12)19(20,21)22/h3-9H,1-2H3,(H,24,25). The second-order valence-corrected chi connectivity index (χ2v) is 5.92. The summed E-state index contributed by atoms with van der Waals surface area (Å²) in [7, 11) is 0. The summed E-state index contributed by atoms with van der Waals surface area (Å²) in [6, 6.07) is 9.61. The van der Waals surface area contributed by atoms with Crippen LogP contribution in [0.1, 0.15) is 27.0 Å². The molecule has 1 N–H and O–H groups in total. The Morgan fingerprint density at radius 3 is 2.44 bits per heavy atom. The smallest absolute Gasteiger partial charge is 0.416 e. The van der Waals surface area contributed by atoms with Gasteiger partial charge in [-0.3, -0.25) is 0 Å². The van der Waals surface area contributed by atoms with Crippen molar-refractivity contribution in [3.05, 3.63) is 64.7 Å². The number of aromatic nitrogens is 1. The Labute approximate surface area is 141 Å². The van der Waals surface area contributed by atoms with Crippen molar-refractivity contribution in [1.29, 1.82) is 0 Å². The molecule has 1 aromatic heterocycles. The number of carboxylic acids is 1. The lowest BCUT2D eigenvalue weighted by molar-refractivity contribution is -0.137. The van der Waals surface area contributed by atoms with Crippen LogP contribution >= 0.6 is 0 Å². The zero-order valence-electron chi connectivity index (χ0n) is 13.5. The van der Waals surface area contributed by atoms with Crippen molar-refractivity contribution in [3.63, 3.8) is 0 Å². The molecular weight excluding hydrogens is 331 g/mol. The second kappa shape index (κ2) is 5.88. The molecule has 0 amide bonds. The van der Waals surface area contributed by atoms with Crippen LogP contribution in [0.4, 0.5) is 13.2 Å². The molecule has 1 heterocycles. The molecule has 0 spiro atoms. The van der Waals surface area contributed by atoms with E-state index in [1.807, 2.05) is 13.0 Å². The Bertz CT molecular complexity index is 994. The number of rotatable bonds is 2. The molecular formula is C19H14F3NO2. The van der Waals surface area contributed by atoms with Gasteiger partial charge in [-0.1, -0.05) is 23.8 Å². The van der Waals surface area contributed by atoms with E-state index >= 15 is 0 Å². The molecule has 0 saturated carbocycles. The molecule has 0 atom stereocenters. The Morgan fingerprint density at radius 1 is 1.08 bits per heavy atom. The summed E-state index contributed by atoms with van der Waals surface area (Å²) in [6.07, 6.45) is -4.48. The van der Waals surface area contributed by atoms with E-state index in [1.54, 1.807) is 13.0 Å². The van der Waals surface area contributed by atoms with Crippen molar-refractivity contribution in [1.82, 2.24) is 4.98 Å². The minimum Gasteiger partial charge on any atom is -0.478 e. The van der Waals surface area contributed by atoms with Crippen LogP contribution in [-0.2, 0) is 6.18 Å². The lowest BCUT2D eigenvalue weighted by atomic mass is 9.99. The number of alkyl halides is 3. The topological polar surface area (TPSA) is 50.2 Å². The van der Waals surface area contributed by atoms with Crippen LogP contribution in [0.5, 0.6) is 0 Å². The van der Waals surface area contributed by atoms with Crippen LogP contribution in [0.3, 0.4) is 0 Å². The quantitative estimate of drug-likeness (QED) is 0.691. The molecule has 0 aliphatic rings. The van der Waals surface area contributed by atoms with Gasteiger partial charge in [0.05, 0.1) is 22.3 Å². The van der Waals surface area contributed by atoms with Crippen LogP contribution in [-0.4, -0.2) is 16.1 Å². The van der Waals surface area contributed by atoms with Gasteiger partial charge in [0.1, 0.15) is 0 Å². The van der Waals surface area contributed by atoms with Crippen molar-refractivity contribution in [2.75, 3.05) is 0 Å². The van der Waals surface area contributed by atoms with E-state index in [0.717, 1.165) is 23.3 Å². The van der Waals surface area contributed by atoms with Crippen LogP contribution in [0.15, 0.2) is 42.5 Å². The van der Waals surface area contributed by atoms with Crippen molar-refractivity contribution in [2.45, 2.75) is 20.0 Å². The maximum atomic E-state index is 12.9. The first-order valence-electron chi connectivity index (χ1n) is 7.50. The fraction of sp³-hybridized carbons (Fsp3) is 0.158. The zero-order valence-corrected chi connectivity index (χ0v) is 13.5. The molecule has 3 nitrogen and oxygen atoms in total. The van der Waals surface area contributed by atoms with Crippen molar-refractivity contribution < 1.29 is 23.1 Å². The maximum Gasteiger partial charge on any atom is 0.416 e. The van der Waals surface area contributed by atoms with E-state index in [9.17, 15) is 23.1 Å². The molecule has 0 bridgehead atoms. The lowest BCUT2D eigenvalue weighted by Gasteiger charge is -2.12. The first-order valence-corrected chi connectivity index (χ1v) is 7.50. The summed E-state index contributed by atoms with van der Waals surface area (Å²) in [5.41, 5.74) is 1.76. The summed E-state index contributed by atoms with van der Waals surface area (Å²) in [5, 5.41) is 9.98. The molecule has 6 heteroatoms. The molecule has 128 valence electrons. The molecule has 0 radical (unpaired) electrons. The SMILES string of the molecule is Cc1cc(C)c2nc(-c3cccc(C(F)(F)F)c3)cc(C(=O)O)c2c1. The van der Waals surface area contributed by atoms with Crippen LogP contribution in [0, 0.1) is 13.8 Å². The zero-order chi connectivity index (χ0) is 18.4. The Hall–Kier alpha value is -2.89. The van der Waals surface area contributed by atoms with Gasteiger partial charge in [-0.2, -0.15) is 13.2 Å². The van der Waals surface area contributed by atoms with E-state index < -0.39 is 17.7 Å². The second-order valence-electron chi connectivity index (χ2n) is 5.92. The largest absolute Gasteiger partial charge is 0.478 e. The summed E-state index contributed by atoms with van der Waals surface area (Å²) < 4.78 is 38.8. The van der Waals surface area contributed by atoms with Gasteiger partial charge in [-0.25, -0.2) is 9.78 Å². The molecule has 0 aliphatic carbocycles. The van der Waals surface area contributed by atoms with Gasteiger partial charge in [0.15, 0.2) is 0 Å². The van der Waals surface area contributed by atoms with Gasteiger partial charge in [-0.15, -0.1) is 0 Å². The number of hydrogen-bond acceptors (Lipinski definition) is 2. The number of nitrogens with zero attached hydrogens (tertiary/aromatic N) is 1. The first-order chi connectivity index (χ1) is 11.7. The summed E-state index contributed by atoms with van der Waals surface area (Å²) >= 11 is 0. The van der Waals surface area contributed by atoms with Gasteiger partial charge < -0.3 is 5.11 Å². The van der Waals surface area contributed by atoms with E-state index in [-0.39, 0.29) is 16.8 Å². The minimum absolute atomic E-state index is 0.0178. The molecule has 0 aliphatic heterocycles. The van der Waals surface area contributed by atoms with Crippen molar-refractivity contribution >= 4 is 16.9 Å². The van der Waals surface area contributed by atoms with Gasteiger partial charge in [-0.05, 0) is 43.7 Å². The van der Waals surface area contributed by atoms with E-state index in [0.29, 0.717) is 10.9 Å². The van der Waals surface area contributed by atoms with Gasteiger partial charge in [0, 0.05) is 10.9 Å². The number of benzene rings is 2. The third-order valence-electron chi connectivity index (χ3n) is 3.96. The van der Waals surface area contributed by atoms with Crippen molar-refractivity contribution in [3.8, 4) is 11.3 Å². The number of aromatic carboxylic acids is 1. The highest BCUT2D eigenvalue weighted by molar-refractivity contribution is 6.04. The highest BCUT2D eigenvalue weighted by Gasteiger charge is 2.30. The number of carbonyl (C=O) groups is 1. The van der Waals surface area contributed by atoms with Crippen molar-refractivity contribution in [2.24, 2.45) is 0 Å². The van der Waals surface area contributed by atoms with Gasteiger partial charge in [0.25, 0.3) is 0 Å². The number of pyridine rings is 1. The molecule has 0 fully saturated rings. The third-order valence-corrected chi connectivity index (χ3v) is 3.96. The highest BCUT2D eigenvalue weighted by Crippen LogP contribution is 2.33. The predicted octanol–water partition coefficient (Wildman–Crippen LogP) is 5.24. The van der Waals surface area contributed by atoms with Crippen LogP contribution < -0.4 is 0 Å². The number of fused-ring (bicyclic) bond motifs is 1. The fourth-order valence-corrected chi connectivity index (χ4v) is 2.86. The van der Waals surface area contributed by atoms with Crippen LogP contribution in [0.2, 0.25) is 0 Å². The average molecular weight is 345 g/mol. The Kier molecular flexibility index (Phi) is 3.99. The molecule has 0 saturated heterocycles. The maximum absolute atomic E-state index is 12.9. The van der Waals surface area contributed by atoms with Crippen LogP contribution in [0.25, 0.3) is 22.2 Å². The Morgan fingerprint density at radius 2 is 1.80 bits per heavy atom. The average Bonchev–Trinajstić information content (AvgIpc) is 2.53. The summed E-state index contributed by atoms with van der Waals surface area (Å²) in [5.74, 6) is -1.15. The molecule has 3 aromatic rings. The monoisotopic (exact) mass is 345 g/mol. The predicted molar refractivity (Wildman–Crippen MR) is 88.6 cm³/mol. The van der Waals surface area contributed by atoms with E-state index in [1.165, 1.54) is 18.2 Å². The normalized spacial score (nSPS) is 11.7. The van der Waals surface area contributed by atoms with E-state index in [4.69, 9.17) is 0 Å². The molecule has 3 rings (SSSR count). The highest BCUT2D eigenvalue weighted by atomic mass is 19.4. The first kappa shape index (κ1) is 17.0. The lowest BCUT2D eigenvalue weighted by Crippen LogP contribution is -2.05. The molecule has 0 unspecified atom stereocenters. The summed E-state index contributed by atoms with van der Waals surface area (Å²) in [6.45, 7) is 3.64. The molecule has 2 aromatic carbocycles. The minimum atomic E-state index is -4.48. The van der Waals surface area contributed by atoms with Gasteiger partial charge >= 0.3 is 12.1 Å². The fourth-order valence-electron chi connectivity index (χ4n) is 2.86. The van der Waals surface area contributed by atoms with Gasteiger partial charge in [0.2, 0.25) is 0 Å².